The Morgan fingerprint density at radius 2 is 1.08 bits per heavy atom. The van der Waals surface area contributed by atoms with Crippen LogP contribution in [0.3, 0.4) is 0 Å². The Labute approximate surface area is 511 Å². The summed E-state index contributed by atoms with van der Waals surface area (Å²) >= 11 is 0. The second-order valence-corrected chi connectivity index (χ2v) is 28.2. The van der Waals surface area contributed by atoms with Gasteiger partial charge in [-0.3, -0.25) is 34.1 Å². The van der Waals surface area contributed by atoms with Crippen molar-refractivity contribution in [3.05, 3.63) is 121 Å². The summed E-state index contributed by atoms with van der Waals surface area (Å²) in [6, 6.07) is 26.8. The number of hydrogen-bond donors (Lipinski definition) is 8. The van der Waals surface area contributed by atoms with Gasteiger partial charge >= 0.3 is 0 Å². The van der Waals surface area contributed by atoms with Crippen LogP contribution in [-0.4, -0.2) is 132 Å². The van der Waals surface area contributed by atoms with E-state index in [1.807, 2.05) is 36.4 Å². The zero-order valence-corrected chi connectivity index (χ0v) is 50.8. The van der Waals surface area contributed by atoms with Gasteiger partial charge in [-0.25, -0.2) is 0 Å². The van der Waals surface area contributed by atoms with Crippen molar-refractivity contribution < 1.29 is 63.7 Å². The minimum absolute atomic E-state index is 0.0107. The van der Waals surface area contributed by atoms with Crippen LogP contribution in [0.5, 0.6) is 0 Å². The molecule has 8 N–H and O–H groups in total. The topological polar surface area (TPSA) is 281 Å². The number of carbonyl (C=O) groups excluding carboxylic acids is 4. The van der Waals surface area contributed by atoms with E-state index in [1.165, 1.54) is 5.57 Å². The third-order valence-electron chi connectivity index (χ3n) is 23.0. The van der Waals surface area contributed by atoms with Crippen LogP contribution in [0, 0.1) is 50.2 Å². The fraction of sp³-hybridized carbons (Fsp3) is 0.522. The van der Waals surface area contributed by atoms with Crippen molar-refractivity contribution in [1.29, 1.82) is 0 Å². The number of amides is 3. The highest BCUT2D eigenvalue weighted by molar-refractivity contribution is 6.05. The largest absolute Gasteiger partial charge is 0.387 e. The number of anilines is 3. The summed E-state index contributed by atoms with van der Waals surface area (Å²) in [4.78, 5) is 72.0. The third-order valence-corrected chi connectivity index (χ3v) is 23.0. The normalized spacial score (nSPS) is 38.6. The number of pyridine rings is 3. The van der Waals surface area contributed by atoms with Crippen LogP contribution in [0.15, 0.2) is 121 Å². The van der Waals surface area contributed by atoms with E-state index in [-0.39, 0.29) is 40.3 Å². The quantitative estimate of drug-likeness (QED) is 0.0596. The van der Waals surface area contributed by atoms with Crippen molar-refractivity contribution in [3.63, 3.8) is 0 Å². The average molecular weight is 1200 g/mol. The second-order valence-electron chi connectivity index (χ2n) is 28.2. The molecule has 4 saturated carbocycles. The predicted octanol–water partition coefficient (Wildman–Crippen LogP) is 8.55. The first-order valence-corrected chi connectivity index (χ1v) is 31.1. The van der Waals surface area contributed by atoms with Gasteiger partial charge in [0.1, 0.15) is 36.6 Å². The molecular weight excluding hydrogens is 1120 g/mol. The lowest BCUT2D eigenvalue weighted by molar-refractivity contribution is -0.369. The van der Waals surface area contributed by atoms with Gasteiger partial charge in [0.15, 0.2) is 30.6 Å². The van der Waals surface area contributed by atoms with Crippen molar-refractivity contribution in [2.24, 2.45) is 50.2 Å². The molecule has 5 heterocycles. The number of nitrogens with one attached hydrogen (secondary N) is 3. The Bertz CT molecular complexity index is 3770. The molecule has 6 fully saturated rings. The zero-order chi connectivity index (χ0) is 62.0. The molecule has 19 heteroatoms. The molecule has 3 unspecified atom stereocenters. The van der Waals surface area contributed by atoms with Crippen LogP contribution >= 0.6 is 0 Å². The zero-order valence-electron chi connectivity index (χ0n) is 50.8. The summed E-state index contributed by atoms with van der Waals surface area (Å²) in [5.74, 6) is -2.07. The molecule has 0 spiro atoms. The molecule has 7 aliphatic rings. The first-order chi connectivity index (χ1) is 41.9. The van der Waals surface area contributed by atoms with E-state index in [4.69, 9.17) is 18.9 Å². The lowest BCUT2D eigenvalue weighted by atomic mass is 9.33. The van der Waals surface area contributed by atoms with Crippen molar-refractivity contribution in [3.8, 4) is 0 Å². The fourth-order valence-electron chi connectivity index (χ4n) is 17.7. The van der Waals surface area contributed by atoms with Crippen molar-refractivity contribution in [2.45, 2.75) is 174 Å². The van der Waals surface area contributed by atoms with E-state index < -0.39 is 101 Å². The third kappa shape index (κ3) is 9.68. The molecule has 3 amide bonds. The summed E-state index contributed by atoms with van der Waals surface area (Å²) in [5, 5.41) is 69.3. The number of allylic oxidation sites excluding steroid dienone is 2. The maximum absolute atomic E-state index is 15.6. The summed E-state index contributed by atoms with van der Waals surface area (Å²) in [7, 11) is 0. The number of nitrogens with zero attached hydrogens (tertiary/aromatic N) is 3. The Hall–Kier alpha value is -6.65. The molecular formula is C69H80N6O13. The van der Waals surface area contributed by atoms with Crippen molar-refractivity contribution >= 4 is 73.3 Å². The molecule has 19 atom stereocenters. The van der Waals surface area contributed by atoms with Gasteiger partial charge in [0, 0.05) is 46.1 Å². The number of aliphatic hydroxyl groups excluding tert-OH is 5. The summed E-state index contributed by atoms with van der Waals surface area (Å²) < 4.78 is 26.0. The number of aromatic nitrogens is 3. The number of benzene rings is 3. The van der Waals surface area contributed by atoms with Gasteiger partial charge in [0.05, 0.1) is 39.7 Å². The number of aliphatic hydroxyl groups is 5. The van der Waals surface area contributed by atoms with Gasteiger partial charge in [0.25, 0.3) is 11.8 Å². The van der Waals surface area contributed by atoms with Crippen molar-refractivity contribution in [2.75, 3.05) is 16.0 Å². The molecule has 6 aromatic rings. The minimum atomic E-state index is -2.00. The Balaban J connectivity index is 0.778. The SMILES string of the molecule is CC1(C)C2CC[C@]3(C)C(C(=O)C=C4C5C[C@@](C)(C(=O)Nc6cccc7ncccc67)CC[C@]5(C)CC[C@]43C)[C@@]2(C)CC[C@@H]1O[C@@H]1O[C@H](C(=O)Nc2cccc3ncccc23)[C@@H](O)[C@H](O)[C@H]1O[C@@H]1O[C@H](C(=O)Nc2cccc3ncccc23)[C@@H](O)[C@H](O)[C@H]1O. The van der Waals surface area contributed by atoms with Crippen molar-refractivity contribution in [1.82, 2.24) is 15.0 Å². The summed E-state index contributed by atoms with van der Waals surface area (Å²) in [6.45, 7) is 15.6. The van der Waals surface area contributed by atoms with E-state index in [9.17, 15) is 39.9 Å². The monoisotopic (exact) mass is 1200 g/mol. The molecule has 88 heavy (non-hydrogen) atoms. The van der Waals surface area contributed by atoms with E-state index in [2.05, 4.69) is 79.4 Å². The molecule has 3 aromatic carbocycles. The molecule has 0 bridgehead atoms. The van der Waals surface area contributed by atoms with Gasteiger partial charge in [-0.2, -0.15) is 0 Å². The van der Waals surface area contributed by atoms with E-state index in [0.29, 0.717) is 52.4 Å². The Morgan fingerprint density at radius 3 is 1.65 bits per heavy atom. The molecule has 5 aliphatic carbocycles. The second kappa shape index (κ2) is 22.1. The molecule has 464 valence electrons. The summed E-state index contributed by atoms with van der Waals surface area (Å²) in [5.41, 5.74) is 1.78. The Morgan fingerprint density at radius 1 is 0.557 bits per heavy atom. The average Bonchev–Trinajstić information content (AvgIpc) is 0.680. The highest BCUT2D eigenvalue weighted by Gasteiger charge is 2.71. The van der Waals surface area contributed by atoms with E-state index in [1.54, 1.807) is 79.3 Å². The van der Waals surface area contributed by atoms with Gasteiger partial charge in [0.2, 0.25) is 5.91 Å². The smallest absolute Gasteiger partial charge is 0.256 e. The van der Waals surface area contributed by atoms with E-state index >= 15 is 4.79 Å². The van der Waals surface area contributed by atoms with Gasteiger partial charge < -0.3 is 60.4 Å². The highest BCUT2D eigenvalue weighted by Crippen LogP contribution is 2.75. The number of carbonyl (C=O) groups is 4. The fourth-order valence-corrected chi connectivity index (χ4v) is 17.7. The first-order valence-electron chi connectivity index (χ1n) is 31.1. The number of ether oxygens (including phenoxy) is 4. The molecule has 2 aliphatic heterocycles. The van der Waals surface area contributed by atoms with Crippen LogP contribution in [0.25, 0.3) is 32.7 Å². The number of hydrogen-bond acceptors (Lipinski definition) is 16. The maximum Gasteiger partial charge on any atom is 0.256 e. The van der Waals surface area contributed by atoms with Crippen LogP contribution in [0.2, 0.25) is 0 Å². The Kier molecular flexibility index (Phi) is 15.1. The van der Waals surface area contributed by atoms with Crippen LogP contribution in [0.1, 0.15) is 106 Å². The minimum Gasteiger partial charge on any atom is -0.387 e. The number of fused-ring (bicyclic) bond motifs is 10. The molecule has 0 radical (unpaired) electrons. The maximum atomic E-state index is 15.6. The first kappa shape index (κ1) is 60.3. The summed E-state index contributed by atoms with van der Waals surface area (Å²) in [6.07, 6.45) is -5.96. The van der Waals surface area contributed by atoms with Gasteiger partial charge in [-0.1, -0.05) is 72.2 Å². The highest BCUT2D eigenvalue weighted by atomic mass is 16.8. The molecule has 2 saturated heterocycles. The lowest BCUT2D eigenvalue weighted by Gasteiger charge is -2.70. The van der Waals surface area contributed by atoms with Crippen LogP contribution in [0.4, 0.5) is 17.1 Å². The van der Waals surface area contributed by atoms with Crippen LogP contribution < -0.4 is 16.0 Å². The number of rotatable bonds is 10. The van der Waals surface area contributed by atoms with E-state index in [0.717, 1.165) is 55.1 Å². The van der Waals surface area contributed by atoms with Gasteiger partial charge in [-0.15, -0.1) is 0 Å². The number of ketones is 1. The predicted molar refractivity (Wildman–Crippen MR) is 328 cm³/mol. The standard InChI is InChI=1S/C69H80N6O13/c1-64(2)48-23-26-69(7)58(47(76)34-39-40-35-66(4,28-27-65(40,3)29-30-68(39,69)6)63(84)75-46-22-10-19-43-38(46)16-13-33-72-43)67(48,5)25-24-49(64)85-62-57(53(80)52(79)56(87-62)60(83)74-45-21-9-18-42-37(45)15-12-32-71-42)88-61-54(81)50(77)51(78)55(86-61)59(82)73-44-20-8-17-41-36(44)14-11-31-70-41/h8-22,31-34,40,48-58,61-62,77-81H,23-30,35H2,1-7H3,(H,73,82)(H,74,83)(H,75,84)/t40?,48?,49-,50-,51-,52-,53-,54+,55-,56-,57+,58?,61-,62+,65+,66-,67-,68+,69+/m0/s1. The molecule has 3 aromatic heterocycles. The lowest BCUT2D eigenvalue weighted by Crippen LogP contribution is -2.68. The molecule has 19 nitrogen and oxygen atoms in total. The molecule has 13 rings (SSSR count). The van der Waals surface area contributed by atoms with Gasteiger partial charge in [-0.05, 0) is 176 Å². The van der Waals surface area contributed by atoms with Crippen LogP contribution in [-0.2, 0) is 38.1 Å².